The third-order valence-corrected chi connectivity index (χ3v) is 5.72. The zero-order valence-electron chi connectivity index (χ0n) is 14.3. The van der Waals surface area contributed by atoms with Gasteiger partial charge in [0.25, 0.3) is 5.91 Å². The van der Waals surface area contributed by atoms with Crippen LogP contribution >= 0.6 is 23.1 Å². The van der Waals surface area contributed by atoms with Crippen LogP contribution in [0.25, 0.3) is 0 Å². The zero-order valence-corrected chi connectivity index (χ0v) is 16.0. The van der Waals surface area contributed by atoms with Crippen molar-refractivity contribution < 1.29 is 34.2 Å². The van der Waals surface area contributed by atoms with Crippen molar-refractivity contribution in [3.05, 3.63) is 28.4 Å². The van der Waals surface area contributed by atoms with Crippen LogP contribution in [0.3, 0.4) is 0 Å². The summed E-state index contributed by atoms with van der Waals surface area (Å²) in [6, 6.07) is 0. The number of thioether (sulfide) groups is 1. The van der Waals surface area contributed by atoms with Crippen LogP contribution in [0.5, 0.6) is 0 Å². The number of nitrogens with zero attached hydrogens (tertiary/aromatic N) is 3. The molecule has 1 fully saturated rings. The first-order valence-electron chi connectivity index (χ1n) is 7.79. The number of aliphatic carboxylic acids is 2. The molecule has 2 aliphatic rings. The maximum absolute atomic E-state index is 12.8. The van der Waals surface area contributed by atoms with E-state index in [4.69, 9.17) is 5.11 Å². The molecule has 0 aliphatic carbocycles. The molecule has 0 aromatic carbocycles. The molecule has 1 aromatic heterocycles. The highest BCUT2D eigenvalue weighted by Gasteiger charge is 2.49. The molecule has 1 unspecified atom stereocenters. The van der Waals surface area contributed by atoms with E-state index in [1.807, 2.05) is 0 Å². The lowest BCUT2D eigenvalue weighted by atomic mass is 10.1. The minimum atomic E-state index is -1.28. The van der Waals surface area contributed by atoms with Gasteiger partial charge in [0.05, 0.1) is 17.3 Å². The minimum absolute atomic E-state index is 0.162. The SMILES string of the molecule is CC1(NC(=O)C(=NOCC(=O)O)c2cscn2)C=C(C(=O)O)N2C(=O)C[C@H]2S1. The number of β-lactam (4-membered cyclic amide) rings is 1. The highest BCUT2D eigenvalue weighted by Crippen LogP contribution is 2.44. The lowest BCUT2D eigenvalue weighted by Gasteiger charge is -2.47. The predicted molar refractivity (Wildman–Crippen MR) is 97.3 cm³/mol. The Kier molecular flexibility index (Phi) is 5.38. The van der Waals surface area contributed by atoms with Gasteiger partial charge in [-0.15, -0.1) is 23.1 Å². The highest BCUT2D eigenvalue weighted by molar-refractivity contribution is 8.01. The van der Waals surface area contributed by atoms with E-state index in [1.165, 1.54) is 45.0 Å². The number of carboxylic acids is 2. The van der Waals surface area contributed by atoms with Gasteiger partial charge >= 0.3 is 11.9 Å². The molecule has 3 N–H and O–H groups in total. The van der Waals surface area contributed by atoms with Gasteiger partial charge in [-0.05, 0) is 13.0 Å². The maximum Gasteiger partial charge on any atom is 0.352 e. The Morgan fingerprint density at radius 1 is 1.46 bits per heavy atom. The van der Waals surface area contributed by atoms with Crippen molar-refractivity contribution in [1.29, 1.82) is 0 Å². The molecule has 0 bridgehead atoms. The summed E-state index contributed by atoms with van der Waals surface area (Å²) in [6.07, 6.45) is 1.44. The number of fused-ring (bicyclic) bond motifs is 1. The Hall–Kier alpha value is -2.93. The first-order chi connectivity index (χ1) is 13.2. The Labute approximate surface area is 166 Å². The topological polar surface area (TPSA) is 158 Å². The molecular weight excluding hydrogens is 412 g/mol. The number of nitrogens with one attached hydrogen (secondary N) is 1. The molecule has 13 heteroatoms. The number of amides is 2. The van der Waals surface area contributed by atoms with E-state index in [-0.39, 0.29) is 29.4 Å². The van der Waals surface area contributed by atoms with Crippen LogP contribution in [0.15, 0.2) is 27.8 Å². The second kappa shape index (κ2) is 7.59. The number of hydrogen-bond donors (Lipinski definition) is 3. The van der Waals surface area contributed by atoms with Crippen LogP contribution < -0.4 is 5.32 Å². The predicted octanol–water partition coefficient (Wildman–Crippen LogP) is 0.0545. The van der Waals surface area contributed by atoms with Crippen molar-refractivity contribution in [3.63, 3.8) is 0 Å². The molecular formula is C15H14N4O7S2. The Bertz CT molecular complexity index is 898. The number of carboxylic acid groups (broad SMARTS) is 2. The number of carbonyl (C=O) groups excluding carboxylic acids is 2. The summed E-state index contributed by atoms with van der Waals surface area (Å²) < 4.78 is 0. The van der Waals surface area contributed by atoms with Crippen molar-refractivity contribution in [2.24, 2.45) is 5.16 Å². The fourth-order valence-corrected chi connectivity index (χ4v) is 4.61. The Balaban J connectivity index is 1.84. The van der Waals surface area contributed by atoms with Crippen LogP contribution in [0.4, 0.5) is 0 Å². The molecule has 2 aliphatic heterocycles. The van der Waals surface area contributed by atoms with Gasteiger partial charge in [-0.25, -0.2) is 14.6 Å². The third kappa shape index (κ3) is 3.99. The molecule has 11 nitrogen and oxygen atoms in total. The molecule has 28 heavy (non-hydrogen) atoms. The monoisotopic (exact) mass is 426 g/mol. The fourth-order valence-electron chi connectivity index (χ4n) is 2.62. The van der Waals surface area contributed by atoms with Gasteiger partial charge in [-0.1, -0.05) is 5.16 Å². The van der Waals surface area contributed by atoms with E-state index in [9.17, 15) is 24.3 Å². The quantitative estimate of drug-likeness (QED) is 0.311. The molecule has 3 rings (SSSR count). The maximum atomic E-state index is 12.8. The number of oxime groups is 1. The molecule has 0 spiro atoms. The first-order valence-corrected chi connectivity index (χ1v) is 9.61. The second-order valence-corrected chi connectivity index (χ2v) is 8.26. The fraction of sp³-hybridized carbons (Fsp3) is 0.333. The van der Waals surface area contributed by atoms with Gasteiger partial charge in [0, 0.05) is 5.38 Å². The van der Waals surface area contributed by atoms with Crippen LogP contribution in [0.2, 0.25) is 0 Å². The molecule has 1 saturated heterocycles. The second-order valence-electron chi connectivity index (χ2n) is 5.92. The summed E-state index contributed by atoms with van der Waals surface area (Å²) in [6.45, 7) is 0.852. The normalized spacial score (nSPS) is 24.0. The van der Waals surface area contributed by atoms with Gasteiger partial charge in [0.15, 0.2) is 5.71 Å². The largest absolute Gasteiger partial charge is 0.479 e. The molecule has 2 atom stereocenters. The van der Waals surface area contributed by atoms with Crippen LogP contribution in [0, 0.1) is 0 Å². The van der Waals surface area contributed by atoms with Gasteiger partial charge in [0.2, 0.25) is 12.5 Å². The van der Waals surface area contributed by atoms with Crippen LogP contribution in [-0.4, -0.2) is 66.4 Å². The van der Waals surface area contributed by atoms with Gasteiger partial charge in [-0.2, -0.15) is 0 Å². The summed E-state index contributed by atoms with van der Waals surface area (Å²) in [7, 11) is 0. The van der Waals surface area contributed by atoms with Crippen molar-refractivity contribution in [1.82, 2.24) is 15.2 Å². The summed E-state index contributed by atoms with van der Waals surface area (Å²) in [5, 5.41) is 25.4. The van der Waals surface area contributed by atoms with E-state index in [1.54, 1.807) is 6.92 Å². The standard InChI is InChI=1S/C15H14N4O7S2/c1-15(3-8(14(24)25)19-9(20)2-10(19)28-15)17-13(23)12(7-5-27-6-16-7)18-26-4-11(21)22/h3,5-6,10H,2,4H2,1H3,(H,17,23)(H,21,22)(H,24,25)/t10-,15?/m1/s1. The third-order valence-electron chi connectivity index (χ3n) is 3.77. The van der Waals surface area contributed by atoms with Crippen molar-refractivity contribution >= 4 is 52.6 Å². The van der Waals surface area contributed by atoms with E-state index in [2.05, 4.69) is 20.3 Å². The molecule has 1 aromatic rings. The highest BCUT2D eigenvalue weighted by atomic mass is 32.2. The average molecular weight is 426 g/mol. The van der Waals surface area contributed by atoms with Crippen LogP contribution in [0.1, 0.15) is 19.0 Å². The van der Waals surface area contributed by atoms with E-state index >= 15 is 0 Å². The number of rotatable bonds is 7. The first kappa shape index (κ1) is 19.8. The van der Waals surface area contributed by atoms with E-state index in [0.717, 1.165) is 0 Å². The van der Waals surface area contributed by atoms with Crippen molar-refractivity contribution in [2.45, 2.75) is 23.6 Å². The van der Waals surface area contributed by atoms with E-state index in [0.29, 0.717) is 0 Å². The zero-order chi connectivity index (χ0) is 20.5. The van der Waals surface area contributed by atoms with E-state index < -0.39 is 34.7 Å². The summed E-state index contributed by atoms with van der Waals surface area (Å²) in [4.78, 5) is 55.2. The summed E-state index contributed by atoms with van der Waals surface area (Å²) >= 11 is 2.41. The molecule has 3 heterocycles. The Morgan fingerprint density at radius 3 is 2.79 bits per heavy atom. The summed E-state index contributed by atoms with van der Waals surface area (Å²) in [5.74, 6) is -3.57. The van der Waals surface area contributed by atoms with Crippen LogP contribution in [-0.2, 0) is 24.0 Å². The number of carbonyl (C=O) groups is 4. The van der Waals surface area contributed by atoms with Gasteiger partial charge in [0.1, 0.15) is 16.3 Å². The smallest absolute Gasteiger partial charge is 0.352 e. The molecule has 0 saturated carbocycles. The molecule has 0 radical (unpaired) electrons. The number of thiazole rings is 1. The Morgan fingerprint density at radius 2 is 2.21 bits per heavy atom. The lowest BCUT2D eigenvalue weighted by Crippen LogP contribution is -2.59. The molecule has 2 amide bonds. The number of hydrogen-bond acceptors (Lipinski definition) is 9. The molecule has 148 valence electrons. The average Bonchev–Trinajstić information content (AvgIpc) is 3.10. The number of aromatic nitrogens is 1. The van der Waals surface area contributed by atoms with Gasteiger partial charge in [-0.3, -0.25) is 14.5 Å². The van der Waals surface area contributed by atoms with Crippen molar-refractivity contribution in [2.75, 3.05) is 6.61 Å². The van der Waals surface area contributed by atoms with Crippen molar-refractivity contribution in [3.8, 4) is 0 Å². The lowest BCUT2D eigenvalue weighted by molar-refractivity contribution is -0.146. The summed E-state index contributed by atoms with van der Waals surface area (Å²) in [5.41, 5.74) is 1.19. The van der Waals surface area contributed by atoms with Gasteiger partial charge < -0.3 is 20.4 Å². The minimum Gasteiger partial charge on any atom is -0.479 e.